The van der Waals surface area contributed by atoms with E-state index in [9.17, 15) is 9.59 Å². The Kier molecular flexibility index (Phi) is 5.53. The second kappa shape index (κ2) is 8.26. The van der Waals surface area contributed by atoms with Crippen LogP contribution in [0, 0.1) is 5.92 Å². The van der Waals surface area contributed by atoms with Gasteiger partial charge in [0.15, 0.2) is 0 Å². The Bertz CT molecular complexity index is 974. The zero-order valence-electron chi connectivity index (χ0n) is 17.4. The number of ether oxygens (including phenoxy) is 3. The molecule has 2 aromatic carbocycles. The van der Waals surface area contributed by atoms with Crippen LogP contribution in [0.15, 0.2) is 36.4 Å². The van der Waals surface area contributed by atoms with Crippen molar-refractivity contribution >= 4 is 23.2 Å². The number of benzene rings is 2. The van der Waals surface area contributed by atoms with Gasteiger partial charge in [0.2, 0.25) is 11.8 Å². The molecule has 2 atom stereocenters. The Balaban J connectivity index is 1.50. The summed E-state index contributed by atoms with van der Waals surface area (Å²) in [5.41, 5.74) is 2.37. The highest BCUT2D eigenvalue weighted by Gasteiger charge is 2.36. The predicted octanol–water partition coefficient (Wildman–Crippen LogP) is 3.41. The maximum atomic E-state index is 13.0. The van der Waals surface area contributed by atoms with Crippen molar-refractivity contribution in [2.45, 2.75) is 32.8 Å². The van der Waals surface area contributed by atoms with Crippen LogP contribution in [0.2, 0.25) is 0 Å². The molecular weight excluding hydrogens is 384 g/mol. The van der Waals surface area contributed by atoms with Crippen LogP contribution in [0.1, 0.15) is 25.8 Å². The SMILES string of the molecule is CCOc1cc2c(cc1NC(=O)[C@@H]1CC(=O)N(c3cccc(OC)c3)C1)O[C@H](C)C2. The molecule has 0 spiro atoms. The summed E-state index contributed by atoms with van der Waals surface area (Å²) in [5.74, 6) is 1.31. The number of fused-ring (bicyclic) bond motifs is 1. The molecule has 4 rings (SSSR count). The number of methoxy groups -OCH3 is 1. The van der Waals surface area contributed by atoms with Gasteiger partial charge in [-0.2, -0.15) is 0 Å². The van der Waals surface area contributed by atoms with E-state index in [4.69, 9.17) is 14.2 Å². The topological polar surface area (TPSA) is 77.1 Å². The maximum absolute atomic E-state index is 13.0. The molecule has 0 aliphatic carbocycles. The van der Waals surface area contributed by atoms with E-state index in [0.717, 1.165) is 23.4 Å². The summed E-state index contributed by atoms with van der Waals surface area (Å²) in [7, 11) is 1.58. The van der Waals surface area contributed by atoms with Crippen molar-refractivity contribution in [2.24, 2.45) is 5.92 Å². The molecule has 2 aliphatic heterocycles. The molecule has 7 nitrogen and oxygen atoms in total. The Labute approximate surface area is 175 Å². The Morgan fingerprint density at radius 3 is 2.87 bits per heavy atom. The minimum absolute atomic E-state index is 0.0838. The highest BCUT2D eigenvalue weighted by molar-refractivity contribution is 6.04. The monoisotopic (exact) mass is 410 g/mol. The third-order valence-corrected chi connectivity index (χ3v) is 5.42. The zero-order valence-corrected chi connectivity index (χ0v) is 17.4. The molecule has 2 aliphatic rings. The normalized spacial score (nSPS) is 20.0. The number of carbonyl (C=O) groups is 2. The molecule has 30 heavy (non-hydrogen) atoms. The van der Waals surface area contributed by atoms with Gasteiger partial charge in [0, 0.05) is 42.8 Å². The molecule has 1 N–H and O–H groups in total. The summed E-state index contributed by atoms with van der Waals surface area (Å²) in [6.45, 7) is 4.72. The van der Waals surface area contributed by atoms with E-state index in [0.29, 0.717) is 30.3 Å². The number of hydrogen-bond acceptors (Lipinski definition) is 5. The van der Waals surface area contributed by atoms with Gasteiger partial charge in [-0.1, -0.05) is 6.07 Å². The number of nitrogens with zero attached hydrogens (tertiary/aromatic N) is 1. The standard InChI is InChI=1S/C23H26N2O5/c1-4-29-21-9-15-8-14(2)30-20(15)12-19(21)24-23(27)16-10-22(26)25(13-16)17-6-5-7-18(11-17)28-3/h5-7,9,11-12,14,16H,4,8,10,13H2,1-3H3,(H,24,27)/t14-,16-/m1/s1. The molecule has 0 saturated carbocycles. The summed E-state index contributed by atoms with van der Waals surface area (Å²) in [6.07, 6.45) is 1.08. The van der Waals surface area contributed by atoms with Gasteiger partial charge >= 0.3 is 0 Å². The van der Waals surface area contributed by atoms with Crippen molar-refractivity contribution in [3.05, 3.63) is 42.0 Å². The second-order valence-corrected chi connectivity index (χ2v) is 7.62. The lowest BCUT2D eigenvalue weighted by Crippen LogP contribution is -2.28. The van der Waals surface area contributed by atoms with Crippen LogP contribution in [0.5, 0.6) is 17.2 Å². The van der Waals surface area contributed by atoms with E-state index in [-0.39, 0.29) is 24.3 Å². The minimum atomic E-state index is -0.453. The van der Waals surface area contributed by atoms with E-state index >= 15 is 0 Å². The molecule has 7 heteroatoms. The van der Waals surface area contributed by atoms with Gasteiger partial charge in [-0.05, 0) is 32.0 Å². The molecule has 2 amide bonds. The lowest BCUT2D eigenvalue weighted by Gasteiger charge is -2.18. The van der Waals surface area contributed by atoms with Crippen LogP contribution in [0.3, 0.4) is 0 Å². The molecule has 2 aromatic rings. The fraction of sp³-hybridized carbons (Fsp3) is 0.391. The number of amides is 2. The van der Waals surface area contributed by atoms with Crippen molar-refractivity contribution in [3.63, 3.8) is 0 Å². The summed E-state index contributed by atoms with van der Waals surface area (Å²) in [6, 6.07) is 11.0. The first-order valence-electron chi connectivity index (χ1n) is 10.2. The number of carbonyl (C=O) groups excluding carboxylic acids is 2. The maximum Gasteiger partial charge on any atom is 0.229 e. The van der Waals surface area contributed by atoms with E-state index in [2.05, 4.69) is 5.32 Å². The fourth-order valence-electron chi connectivity index (χ4n) is 3.96. The minimum Gasteiger partial charge on any atom is -0.497 e. The van der Waals surface area contributed by atoms with Gasteiger partial charge in [0.05, 0.1) is 25.3 Å². The van der Waals surface area contributed by atoms with E-state index in [1.165, 1.54) is 0 Å². The number of anilines is 2. The number of rotatable bonds is 6. The summed E-state index contributed by atoms with van der Waals surface area (Å²) in [5, 5.41) is 2.95. The molecule has 1 fully saturated rings. The third-order valence-electron chi connectivity index (χ3n) is 5.42. The first-order chi connectivity index (χ1) is 14.5. The van der Waals surface area contributed by atoms with Gasteiger partial charge in [-0.25, -0.2) is 0 Å². The third kappa shape index (κ3) is 3.92. The smallest absolute Gasteiger partial charge is 0.229 e. The second-order valence-electron chi connectivity index (χ2n) is 7.62. The van der Waals surface area contributed by atoms with E-state index < -0.39 is 5.92 Å². The molecule has 0 unspecified atom stereocenters. The van der Waals surface area contributed by atoms with Crippen molar-refractivity contribution in [3.8, 4) is 17.2 Å². The summed E-state index contributed by atoms with van der Waals surface area (Å²) < 4.78 is 16.8. The van der Waals surface area contributed by atoms with E-state index in [1.54, 1.807) is 18.1 Å². The van der Waals surface area contributed by atoms with Gasteiger partial charge in [-0.3, -0.25) is 9.59 Å². The highest BCUT2D eigenvalue weighted by atomic mass is 16.5. The molecule has 0 aromatic heterocycles. The number of nitrogens with one attached hydrogen (secondary N) is 1. The van der Waals surface area contributed by atoms with E-state index in [1.807, 2.05) is 44.2 Å². The van der Waals surface area contributed by atoms with Gasteiger partial charge < -0.3 is 24.4 Å². The van der Waals surface area contributed by atoms with Crippen molar-refractivity contribution < 1.29 is 23.8 Å². The van der Waals surface area contributed by atoms with Gasteiger partial charge in [0.25, 0.3) is 0 Å². The highest BCUT2D eigenvalue weighted by Crippen LogP contribution is 2.38. The summed E-state index contributed by atoms with van der Waals surface area (Å²) >= 11 is 0. The van der Waals surface area contributed by atoms with Crippen LogP contribution in [-0.4, -0.2) is 38.2 Å². The van der Waals surface area contributed by atoms with Gasteiger partial charge in [-0.15, -0.1) is 0 Å². The van der Waals surface area contributed by atoms with Crippen molar-refractivity contribution in [2.75, 3.05) is 30.5 Å². The molecule has 1 saturated heterocycles. The van der Waals surface area contributed by atoms with Gasteiger partial charge in [0.1, 0.15) is 23.4 Å². The average molecular weight is 410 g/mol. The van der Waals surface area contributed by atoms with Crippen molar-refractivity contribution in [1.29, 1.82) is 0 Å². The van der Waals surface area contributed by atoms with Crippen LogP contribution < -0.4 is 24.4 Å². The quantitative estimate of drug-likeness (QED) is 0.790. The first-order valence-corrected chi connectivity index (χ1v) is 10.2. The van der Waals surface area contributed by atoms with Crippen molar-refractivity contribution in [1.82, 2.24) is 0 Å². The van der Waals surface area contributed by atoms with Crippen LogP contribution in [0.25, 0.3) is 0 Å². The Morgan fingerprint density at radius 2 is 2.10 bits per heavy atom. The van der Waals surface area contributed by atoms with Crippen LogP contribution in [0.4, 0.5) is 11.4 Å². The Morgan fingerprint density at radius 1 is 1.27 bits per heavy atom. The largest absolute Gasteiger partial charge is 0.497 e. The van der Waals surface area contributed by atoms with Crippen LogP contribution >= 0.6 is 0 Å². The number of hydrogen-bond donors (Lipinski definition) is 1. The fourth-order valence-corrected chi connectivity index (χ4v) is 3.96. The lowest BCUT2D eigenvalue weighted by atomic mass is 10.1. The molecule has 0 radical (unpaired) electrons. The molecule has 158 valence electrons. The first kappa shape index (κ1) is 20.1. The Hall–Kier alpha value is -3.22. The summed E-state index contributed by atoms with van der Waals surface area (Å²) in [4.78, 5) is 27.2. The molecule has 0 bridgehead atoms. The molecule has 2 heterocycles. The molecular formula is C23H26N2O5. The lowest BCUT2D eigenvalue weighted by molar-refractivity contribution is -0.122. The predicted molar refractivity (Wildman–Crippen MR) is 113 cm³/mol. The average Bonchev–Trinajstić information content (AvgIpc) is 3.29. The zero-order chi connectivity index (χ0) is 21.3. The van der Waals surface area contributed by atoms with Crippen LogP contribution in [-0.2, 0) is 16.0 Å².